The van der Waals surface area contributed by atoms with E-state index >= 15 is 0 Å². The quantitative estimate of drug-likeness (QED) is 0.533. The summed E-state index contributed by atoms with van der Waals surface area (Å²) in [6.45, 7) is 8.59. The predicted octanol–water partition coefficient (Wildman–Crippen LogP) is 4.27. The SMILES string of the molecule is COc1ccc(-c2nc(C(=O)N3CCN(C(=O)C(C)(C)C)CC3)c([C@H](C)N)o2)c2ccc(C(F)(F)F)nc12. The Morgan fingerprint density at radius 3 is 2.21 bits per heavy atom. The number of pyridine rings is 1. The number of benzene rings is 1. The molecule has 1 aliphatic heterocycles. The Kier molecular flexibility index (Phi) is 7.13. The van der Waals surface area contributed by atoms with Gasteiger partial charge in [0.2, 0.25) is 11.8 Å². The number of halogens is 3. The molecular formula is C26H30F3N5O4. The predicted molar refractivity (Wildman–Crippen MR) is 133 cm³/mol. The number of hydrogen-bond donors (Lipinski definition) is 1. The van der Waals surface area contributed by atoms with Gasteiger partial charge in [-0.1, -0.05) is 20.8 Å². The first-order valence-corrected chi connectivity index (χ1v) is 12.1. The zero-order chi connectivity index (χ0) is 28.0. The van der Waals surface area contributed by atoms with Crippen LogP contribution in [0.5, 0.6) is 5.75 Å². The number of nitrogens with two attached hydrogens (primary N) is 1. The molecule has 1 fully saturated rings. The standard InChI is InChI=1S/C26H30F3N5O4/c1-14(30)21-20(23(35)33-10-12-34(13-11-33)24(36)25(2,3)4)32-22(38-21)16-6-8-17(37-5)19-15(16)7-9-18(31-19)26(27,28)29/h6-9,14H,10-13,30H2,1-5H3/t14-/m0/s1. The molecule has 0 spiro atoms. The van der Waals surface area contributed by atoms with Crippen LogP contribution in [0.15, 0.2) is 28.7 Å². The third kappa shape index (κ3) is 5.17. The van der Waals surface area contributed by atoms with E-state index in [4.69, 9.17) is 14.9 Å². The minimum Gasteiger partial charge on any atom is -0.494 e. The number of piperazine rings is 1. The normalized spacial score (nSPS) is 15.6. The number of methoxy groups -OCH3 is 1. The number of fused-ring (bicyclic) bond motifs is 1. The van der Waals surface area contributed by atoms with E-state index in [1.807, 2.05) is 20.8 Å². The molecule has 9 nitrogen and oxygen atoms in total. The monoisotopic (exact) mass is 533 g/mol. The van der Waals surface area contributed by atoms with Crippen molar-refractivity contribution in [2.24, 2.45) is 11.1 Å². The molecule has 0 unspecified atom stereocenters. The van der Waals surface area contributed by atoms with Gasteiger partial charge in [0.05, 0.1) is 13.2 Å². The van der Waals surface area contributed by atoms with Gasteiger partial charge in [-0.05, 0) is 31.2 Å². The third-order valence-corrected chi connectivity index (χ3v) is 6.33. The van der Waals surface area contributed by atoms with Gasteiger partial charge in [-0.3, -0.25) is 9.59 Å². The van der Waals surface area contributed by atoms with Crippen LogP contribution in [0.3, 0.4) is 0 Å². The Balaban J connectivity index is 1.69. The Morgan fingerprint density at radius 1 is 1.03 bits per heavy atom. The summed E-state index contributed by atoms with van der Waals surface area (Å²) in [5.74, 6) is -0.0602. The molecule has 1 atom stereocenters. The number of ether oxygens (including phenoxy) is 1. The van der Waals surface area contributed by atoms with E-state index in [-0.39, 0.29) is 34.5 Å². The number of rotatable bonds is 4. The van der Waals surface area contributed by atoms with E-state index in [9.17, 15) is 22.8 Å². The molecular weight excluding hydrogens is 503 g/mol. The maximum absolute atomic E-state index is 13.4. The molecule has 0 bridgehead atoms. The van der Waals surface area contributed by atoms with E-state index < -0.39 is 29.2 Å². The minimum absolute atomic E-state index is 0.0123. The van der Waals surface area contributed by atoms with E-state index in [0.717, 1.165) is 6.07 Å². The highest BCUT2D eigenvalue weighted by atomic mass is 19.4. The number of amides is 2. The number of carbonyl (C=O) groups is 2. The van der Waals surface area contributed by atoms with Gasteiger partial charge in [-0.2, -0.15) is 13.2 Å². The van der Waals surface area contributed by atoms with Crippen LogP contribution in [0, 0.1) is 5.41 Å². The van der Waals surface area contributed by atoms with Crippen molar-refractivity contribution < 1.29 is 31.9 Å². The average Bonchev–Trinajstić information content (AvgIpc) is 3.31. The largest absolute Gasteiger partial charge is 0.494 e. The first kappa shape index (κ1) is 27.4. The maximum atomic E-state index is 13.4. The fourth-order valence-corrected chi connectivity index (χ4v) is 4.35. The molecule has 0 aliphatic carbocycles. The highest BCUT2D eigenvalue weighted by Crippen LogP contribution is 2.37. The molecule has 3 aromatic rings. The second kappa shape index (κ2) is 9.90. The number of alkyl halides is 3. The van der Waals surface area contributed by atoms with Gasteiger partial charge < -0.3 is 24.7 Å². The summed E-state index contributed by atoms with van der Waals surface area (Å²) < 4.78 is 51.0. The molecule has 1 aliphatic rings. The van der Waals surface area contributed by atoms with Gasteiger partial charge in [-0.15, -0.1) is 0 Å². The van der Waals surface area contributed by atoms with Crippen molar-refractivity contribution in [3.05, 3.63) is 41.4 Å². The molecule has 1 saturated heterocycles. The molecule has 204 valence electrons. The van der Waals surface area contributed by atoms with Crippen LogP contribution in [0.2, 0.25) is 0 Å². The summed E-state index contributed by atoms with van der Waals surface area (Å²) in [4.78, 5) is 37.6. The molecule has 4 rings (SSSR count). The number of carbonyl (C=O) groups excluding carboxylic acids is 2. The smallest absolute Gasteiger partial charge is 0.433 e. The zero-order valence-electron chi connectivity index (χ0n) is 21.8. The lowest BCUT2D eigenvalue weighted by Crippen LogP contribution is -2.53. The van der Waals surface area contributed by atoms with Crippen molar-refractivity contribution >= 4 is 22.7 Å². The summed E-state index contributed by atoms with van der Waals surface area (Å²) in [6, 6.07) is 4.50. The molecule has 2 amide bonds. The van der Waals surface area contributed by atoms with Crippen LogP contribution in [-0.2, 0) is 11.0 Å². The van der Waals surface area contributed by atoms with Crippen molar-refractivity contribution in [3.8, 4) is 17.2 Å². The lowest BCUT2D eigenvalue weighted by atomic mass is 9.94. The second-order valence-electron chi connectivity index (χ2n) is 10.3. The van der Waals surface area contributed by atoms with Crippen molar-refractivity contribution in [3.63, 3.8) is 0 Å². The van der Waals surface area contributed by atoms with Crippen molar-refractivity contribution in [2.75, 3.05) is 33.3 Å². The van der Waals surface area contributed by atoms with Gasteiger partial charge in [0.1, 0.15) is 17.0 Å². The minimum atomic E-state index is -4.64. The van der Waals surface area contributed by atoms with Crippen LogP contribution in [0.4, 0.5) is 13.2 Å². The van der Waals surface area contributed by atoms with Gasteiger partial charge in [0.25, 0.3) is 5.91 Å². The Hall–Kier alpha value is -3.67. The Morgan fingerprint density at radius 2 is 1.66 bits per heavy atom. The Bertz CT molecular complexity index is 1370. The fraction of sp³-hybridized carbons (Fsp3) is 0.462. The number of aromatic nitrogens is 2. The molecule has 38 heavy (non-hydrogen) atoms. The second-order valence-corrected chi connectivity index (χ2v) is 10.3. The van der Waals surface area contributed by atoms with Gasteiger partial charge in [-0.25, -0.2) is 9.97 Å². The van der Waals surface area contributed by atoms with E-state index in [0.29, 0.717) is 37.1 Å². The number of nitrogens with zero attached hydrogens (tertiary/aromatic N) is 4. The van der Waals surface area contributed by atoms with Gasteiger partial charge >= 0.3 is 6.18 Å². The van der Waals surface area contributed by atoms with Crippen molar-refractivity contribution in [2.45, 2.75) is 39.9 Å². The van der Waals surface area contributed by atoms with E-state index in [1.165, 1.54) is 19.2 Å². The number of oxazole rings is 1. The molecule has 3 heterocycles. The van der Waals surface area contributed by atoms with Crippen LogP contribution >= 0.6 is 0 Å². The average molecular weight is 534 g/mol. The molecule has 0 saturated carbocycles. The van der Waals surface area contributed by atoms with E-state index in [1.54, 1.807) is 22.8 Å². The topological polar surface area (TPSA) is 115 Å². The summed E-state index contributed by atoms with van der Waals surface area (Å²) in [6.07, 6.45) is -4.64. The Labute approximate surface area is 217 Å². The van der Waals surface area contributed by atoms with Crippen LogP contribution in [0.1, 0.15) is 55.7 Å². The van der Waals surface area contributed by atoms with Crippen molar-refractivity contribution in [1.82, 2.24) is 19.8 Å². The van der Waals surface area contributed by atoms with E-state index in [2.05, 4.69) is 9.97 Å². The summed E-state index contributed by atoms with van der Waals surface area (Å²) in [5.41, 5.74) is 4.85. The van der Waals surface area contributed by atoms with Crippen LogP contribution in [0.25, 0.3) is 22.4 Å². The number of hydrogen-bond acceptors (Lipinski definition) is 7. The third-order valence-electron chi connectivity index (χ3n) is 6.33. The van der Waals surface area contributed by atoms with Crippen molar-refractivity contribution in [1.29, 1.82) is 0 Å². The molecule has 1 aromatic carbocycles. The highest BCUT2D eigenvalue weighted by Gasteiger charge is 2.35. The first-order valence-electron chi connectivity index (χ1n) is 12.1. The maximum Gasteiger partial charge on any atom is 0.433 e. The highest BCUT2D eigenvalue weighted by molar-refractivity contribution is 5.98. The molecule has 2 aromatic heterocycles. The summed E-state index contributed by atoms with van der Waals surface area (Å²) in [7, 11) is 1.33. The van der Waals surface area contributed by atoms with Gasteiger partial charge in [0, 0.05) is 42.5 Å². The summed E-state index contributed by atoms with van der Waals surface area (Å²) in [5, 5.41) is 0.308. The molecule has 12 heteroatoms. The fourth-order valence-electron chi connectivity index (χ4n) is 4.35. The van der Waals surface area contributed by atoms with Crippen LogP contribution < -0.4 is 10.5 Å². The van der Waals surface area contributed by atoms with Crippen LogP contribution in [-0.4, -0.2) is 64.9 Å². The molecule has 2 N–H and O–H groups in total. The lowest BCUT2D eigenvalue weighted by molar-refractivity contribution is -0.141. The van der Waals surface area contributed by atoms with Gasteiger partial charge in [0.15, 0.2) is 11.5 Å². The zero-order valence-corrected chi connectivity index (χ0v) is 21.8. The molecule has 0 radical (unpaired) electrons. The first-order chi connectivity index (χ1) is 17.7. The summed E-state index contributed by atoms with van der Waals surface area (Å²) >= 11 is 0. The lowest BCUT2D eigenvalue weighted by Gasteiger charge is -2.37.